The van der Waals surface area contributed by atoms with E-state index in [0.29, 0.717) is 0 Å². The van der Waals surface area contributed by atoms with Crippen LogP contribution in [0.2, 0.25) is 0 Å². The topological polar surface area (TPSA) is 55.1 Å². The van der Waals surface area contributed by atoms with Crippen LogP contribution in [-0.2, 0) is 4.79 Å². The summed E-state index contributed by atoms with van der Waals surface area (Å²) in [4.78, 5) is 11.2. The van der Waals surface area contributed by atoms with Crippen LogP contribution in [0.4, 0.5) is 0 Å². The second-order valence-corrected chi connectivity index (χ2v) is 4.35. The largest absolute Gasteiger partial charge is 0.294 e. The molecule has 0 unspecified atom stereocenters. The van der Waals surface area contributed by atoms with Crippen LogP contribution in [0.3, 0.4) is 0 Å². The Hall–Kier alpha value is -0.570. The first kappa shape index (κ1) is 10.4. The van der Waals surface area contributed by atoms with E-state index in [2.05, 4.69) is 5.43 Å². The molecule has 3 nitrogen and oxygen atoms in total. The number of hydrazine groups is 1. The van der Waals surface area contributed by atoms with Gasteiger partial charge >= 0.3 is 0 Å². The van der Waals surface area contributed by atoms with Crippen molar-refractivity contribution in [1.82, 2.24) is 5.43 Å². The number of carbonyl (C=O) groups is 1. The molecular weight excluding hydrogens is 140 g/mol. The summed E-state index contributed by atoms with van der Waals surface area (Å²) in [6.07, 6.45) is 0. The first-order valence-electron chi connectivity index (χ1n) is 3.74. The number of carbonyl (C=O) groups excluding carboxylic acids is 1. The maximum absolute atomic E-state index is 11.2. The van der Waals surface area contributed by atoms with Gasteiger partial charge in [0.05, 0.1) is 0 Å². The highest BCUT2D eigenvalue weighted by atomic mass is 16.2. The summed E-state index contributed by atoms with van der Waals surface area (Å²) >= 11 is 0. The molecule has 0 aliphatic heterocycles. The summed E-state index contributed by atoms with van der Waals surface area (Å²) < 4.78 is 0. The Morgan fingerprint density at radius 1 is 1.18 bits per heavy atom. The van der Waals surface area contributed by atoms with Crippen molar-refractivity contribution >= 4 is 5.91 Å². The molecule has 3 N–H and O–H groups in total. The summed E-state index contributed by atoms with van der Waals surface area (Å²) in [5.41, 5.74) is 1.67. The van der Waals surface area contributed by atoms with Gasteiger partial charge in [0.25, 0.3) is 0 Å². The van der Waals surface area contributed by atoms with Crippen LogP contribution in [0.1, 0.15) is 34.6 Å². The van der Waals surface area contributed by atoms with Crippen LogP contribution in [0.5, 0.6) is 0 Å². The van der Waals surface area contributed by atoms with Crippen molar-refractivity contribution in [2.45, 2.75) is 34.6 Å². The van der Waals surface area contributed by atoms with E-state index in [4.69, 9.17) is 5.84 Å². The Morgan fingerprint density at radius 3 is 1.64 bits per heavy atom. The molecular formula is C8H18N2O. The quantitative estimate of drug-likeness (QED) is 0.340. The van der Waals surface area contributed by atoms with Crippen molar-refractivity contribution in [1.29, 1.82) is 0 Å². The molecule has 0 aromatic heterocycles. The molecule has 0 aliphatic carbocycles. The van der Waals surface area contributed by atoms with Gasteiger partial charge in [0, 0.05) is 5.41 Å². The van der Waals surface area contributed by atoms with Crippen LogP contribution < -0.4 is 11.3 Å². The monoisotopic (exact) mass is 158 g/mol. The van der Waals surface area contributed by atoms with Crippen LogP contribution in [-0.4, -0.2) is 5.91 Å². The number of nitrogens with one attached hydrogen (secondary N) is 1. The lowest BCUT2D eigenvalue weighted by Gasteiger charge is -2.36. The minimum absolute atomic E-state index is 0.0730. The zero-order valence-electron chi connectivity index (χ0n) is 7.99. The Morgan fingerprint density at radius 2 is 1.55 bits per heavy atom. The van der Waals surface area contributed by atoms with Gasteiger partial charge in [0.15, 0.2) is 0 Å². The molecule has 11 heavy (non-hydrogen) atoms. The molecule has 66 valence electrons. The lowest BCUT2D eigenvalue weighted by Crippen LogP contribution is -2.47. The summed E-state index contributed by atoms with van der Waals surface area (Å²) in [5, 5.41) is 0. The SMILES string of the molecule is CC(C)(C)C(C)(C)C(=O)NN. The molecule has 0 radical (unpaired) electrons. The molecule has 0 saturated carbocycles. The van der Waals surface area contributed by atoms with E-state index in [1.807, 2.05) is 34.6 Å². The molecule has 0 atom stereocenters. The zero-order chi connectivity index (χ0) is 9.28. The summed E-state index contributed by atoms with van der Waals surface area (Å²) in [5.74, 6) is 4.93. The third kappa shape index (κ3) is 1.93. The molecule has 0 heterocycles. The molecule has 0 spiro atoms. The van der Waals surface area contributed by atoms with E-state index in [1.54, 1.807) is 0 Å². The zero-order valence-corrected chi connectivity index (χ0v) is 7.99. The second kappa shape index (κ2) is 2.81. The fourth-order valence-electron chi connectivity index (χ4n) is 0.521. The van der Waals surface area contributed by atoms with Crippen LogP contribution in [0.15, 0.2) is 0 Å². The number of amides is 1. The van der Waals surface area contributed by atoms with Gasteiger partial charge in [-0.15, -0.1) is 0 Å². The van der Waals surface area contributed by atoms with Gasteiger partial charge < -0.3 is 0 Å². The lowest BCUT2D eigenvalue weighted by atomic mass is 9.69. The van der Waals surface area contributed by atoms with E-state index in [-0.39, 0.29) is 11.3 Å². The molecule has 0 aromatic carbocycles. The highest BCUT2D eigenvalue weighted by Gasteiger charge is 2.39. The Kier molecular flexibility index (Phi) is 2.67. The molecule has 3 heteroatoms. The molecule has 0 saturated heterocycles. The maximum atomic E-state index is 11.2. The fourth-order valence-corrected chi connectivity index (χ4v) is 0.521. The van der Waals surface area contributed by atoms with E-state index >= 15 is 0 Å². The summed E-state index contributed by atoms with van der Waals surface area (Å²) in [6, 6.07) is 0. The number of hydrogen-bond acceptors (Lipinski definition) is 2. The average molecular weight is 158 g/mol. The Bertz CT molecular complexity index is 156. The predicted molar refractivity (Wildman–Crippen MR) is 45.6 cm³/mol. The highest BCUT2D eigenvalue weighted by Crippen LogP contribution is 2.37. The van der Waals surface area contributed by atoms with Crippen molar-refractivity contribution in [2.24, 2.45) is 16.7 Å². The first-order valence-corrected chi connectivity index (χ1v) is 3.74. The molecule has 1 amide bonds. The van der Waals surface area contributed by atoms with Gasteiger partial charge in [0.2, 0.25) is 5.91 Å². The van der Waals surface area contributed by atoms with Crippen LogP contribution in [0, 0.1) is 10.8 Å². The maximum Gasteiger partial charge on any atom is 0.240 e. The standard InChI is InChI=1S/C8H18N2O/c1-7(2,3)8(4,5)6(11)10-9/h9H2,1-5H3,(H,10,11). The Labute approximate surface area is 68.3 Å². The summed E-state index contributed by atoms with van der Waals surface area (Å²) in [6.45, 7) is 9.82. The molecule has 0 aromatic rings. The fraction of sp³-hybridized carbons (Fsp3) is 0.875. The second-order valence-electron chi connectivity index (χ2n) is 4.35. The molecule has 0 bridgehead atoms. The van der Waals surface area contributed by atoms with Gasteiger partial charge in [-0.3, -0.25) is 10.2 Å². The van der Waals surface area contributed by atoms with Gasteiger partial charge in [-0.25, -0.2) is 5.84 Å². The smallest absolute Gasteiger partial charge is 0.240 e. The van der Waals surface area contributed by atoms with E-state index < -0.39 is 5.41 Å². The van der Waals surface area contributed by atoms with Gasteiger partial charge in [-0.2, -0.15) is 0 Å². The van der Waals surface area contributed by atoms with E-state index in [1.165, 1.54) is 0 Å². The summed E-state index contributed by atoms with van der Waals surface area (Å²) in [7, 11) is 0. The van der Waals surface area contributed by atoms with Gasteiger partial charge in [-0.1, -0.05) is 34.6 Å². The minimum Gasteiger partial charge on any atom is -0.294 e. The average Bonchev–Trinajstić information content (AvgIpc) is 1.83. The van der Waals surface area contributed by atoms with Crippen LogP contribution >= 0.6 is 0 Å². The van der Waals surface area contributed by atoms with Crippen molar-refractivity contribution in [3.63, 3.8) is 0 Å². The highest BCUT2D eigenvalue weighted by molar-refractivity contribution is 5.81. The van der Waals surface area contributed by atoms with E-state index in [9.17, 15) is 4.79 Å². The van der Waals surface area contributed by atoms with E-state index in [0.717, 1.165) is 0 Å². The van der Waals surface area contributed by atoms with Crippen molar-refractivity contribution < 1.29 is 4.79 Å². The third-order valence-corrected chi connectivity index (χ3v) is 2.57. The predicted octanol–water partition coefficient (Wildman–Crippen LogP) is 1.05. The number of rotatable bonds is 1. The molecule has 0 rings (SSSR count). The van der Waals surface area contributed by atoms with Gasteiger partial charge in [-0.05, 0) is 5.41 Å². The molecule has 0 aliphatic rings. The minimum atomic E-state index is -0.429. The van der Waals surface area contributed by atoms with Crippen molar-refractivity contribution in [2.75, 3.05) is 0 Å². The number of nitrogens with two attached hydrogens (primary N) is 1. The Balaban J connectivity index is 4.59. The first-order chi connectivity index (χ1) is 4.73. The van der Waals surface area contributed by atoms with Crippen molar-refractivity contribution in [3.05, 3.63) is 0 Å². The van der Waals surface area contributed by atoms with Crippen LogP contribution in [0.25, 0.3) is 0 Å². The van der Waals surface area contributed by atoms with Crippen molar-refractivity contribution in [3.8, 4) is 0 Å². The van der Waals surface area contributed by atoms with Gasteiger partial charge in [0.1, 0.15) is 0 Å². The third-order valence-electron chi connectivity index (χ3n) is 2.57. The lowest BCUT2D eigenvalue weighted by molar-refractivity contribution is -0.134. The number of hydrogen-bond donors (Lipinski definition) is 2. The molecule has 0 fully saturated rings. The normalized spacial score (nSPS) is 12.9.